The molecule has 0 aliphatic carbocycles. The van der Waals surface area contributed by atoms with E-state index in [1.165, 1.54) is 11.3 Å². The number of hydrogen-bond acceptors (Lipinski definition) is 3. The van der Waals surface area contributed by atoms with Crippen LogP contribution in [0.25, 0.3) is 11.3 Å². The van der Waals surface area contributed by atoms with E-state index in [4.69, 9.17) is 0 Å². The van der Waals surface area contributed by atoms with Crippen molar-refractivity contribution >= 4 is 16.5 Å². The summed E-state index contributed by atoms with van der Waals surface area (Å²) >= 11 is 1.35. The van der Waals surface area contributed by atoms with Crippen molar-refractivity contribution in [3.05, 3.63) is 35.2 Å². The van der Waals surface area contributed by atoms with E-state index in [9.17, 15) is 8.78 Å². The van der Waals surface area contributed by atoms with Crippen LogP contribution in [0, 0.1) is 11.6 Å². The molecule has 1 aromatic carbocycles. The molecule has 1 aromatic heterocycles. The SMILES string of the molecule is CNc1nc(-c2cc(F)ccc2F)cs1. The smallest absolute Gasteiger partial charge is 0.182 e. The van der Waals surface area contributed by atoms with Crippen LogP contribution in [-0.4, -0.2) is 12.0 Å². The fourth-order valence-corrected chi connectivity index (χ4v) is 1.88. The Morgan fingerprint density at radius 2 is 2.13 bits per heavy atom. The van der Waals surface area contributed by atoms with E-state index in [1.807, 2.05) is 0 Å². The maximum Gasteiger partial charge on any atom is 0.182 e. The van der Waals surface area contributed by atoms with Crippen molar-refractivity contribution in [2.24, 2.45) is 0 Å². The van der Waals surface area contributed by atoms with E-state index in [-0.39, 0.29) is 5.56 Å². The van der Waals surface area contributed by atoms with Crippen molar-refractivity contribution in [3.63, 3.8) is 0 Å². The number of benzene rings is 1. The minimum Gasteiger partial charge on any atom is -0.365 e. The molecule has 2 rings (SSSR count). The second-order valence-corrected chi connectivity index (χ2v) is 3.77. The average Bonchev–Trinajstić information content (AvgIpc) is 2.70. The Morgan fingerprint density at radius 1 is 1.33 bits per heavy atom. The predicted octanol–water partition coefficient (Wildman–Crippen LogP) is 3.13. The molecule has 2 aromatic rings. The zero-order valence-corrected chi connectivity index (χ0v) is 8.74. The first kappa shape index (κ1) is 10.0. The molecule has 0 aliphatic rings. The minimum absolute atomic E-state index is 0.188. The van der Waals surface area contributed by atoms with E-state index >= 15 is 0 Å². The molecule has 0 atom stereocenters. The second-order valence-electron chi connectivity index (χ2n) is 2.91. The first-order valence-electron chi connectivity index (χ1n) is 4.29. The number of hydrogen-bond donors (Lipinski definition) is 1. The summed E-state index contributed by atoms with van der Waals surface area (Å²) < 4.78 is 26.3. The Labute approximate surface area is 89.6 Å². The molecule has 1 heterocycles. The van der Waals surface area contributed by atoms with Crippen molar-refractivity contribution in [3.8, 4) is 11.3 Å². The quantitative estimate of drug-likeness (QED) is 0.851. The van der Waals surface area contributed by atoms with E-state index in [1.54, 1.807) is 12.4 Å². The van der Waals surface area contributed by atoms with E-state index in [2.05, 4.69) is 10.3 Å². The largest absolute Gasteiger partial charge is 0.365 e. The number of anilines is 1. The standard InChI is InChI=1S/C10H8F2N2S/c1-13-10-14-9(5-15-10)7-4-6(11)2-3-8(7)12/h2-5H,1H3,(H,13,14). The van der Waals surface area contributed by atoms with Gasteiger partial charge in [-0.1, -0.05) is 0 Å². The highest BCUT2D eigenvalue weighted by molar-refractivity contribution is 7.14. The van der Waals surface area contributed by atoms with Crippen molar-refractivity contribution in [1.82, 2.24) is 4.98 Å². The number of rotatable bonds is 2. The summed E-state index contributed by atoms with van der Waals surface area (Å²) in [7, 11) is 1.73. The number of aromatic nitrogens is 1. The number of nitrogens with one attached hydrogen (secondary N) is 1. The van der Waals surface area contributed by atoms with Gasteiger partial charge in [0.1, 0.15) is 11.6 Å². The maximum atomic E-state index is 13.3. The Kier molecular flexibility index (Phi) is 2.64. The molecule has 5 heteroatoms. The van der Waals surface area contributed by atoms with Crippen LogP contribution >= 0.6 is 11.3 Å². The summed E-state index contributed by atoms with van der Waals surface area (Å²) in [5, 5.41) is 5.20. The summed E-state index contributed by atoms with van der Waals surface area (Å²) in [5.74, 6) is -0.935. The molecular weight excluding hydrogens is 218 g/mol. The lowest BCUT2D eigenvalue weighted by molar-refractivity contribution is 0.603. The normalized spacial score (nSPS) is 10.3. The third-order valence-electron chi connectivity index (χ3n) is 1.92. The molecule has 0 bridgehead atoms. The molecule has 15 heavy (non-hydrogen) atoms. The van der Waals surface area contributed by atoms with Crippen molar-refractivity contribution in [2.45, 2.75) is 0 Å². The van der Waals surface area contributed by atoms with E-state index < -0.39 is 11.6 Å². The summed E-state index contributed by atoms with van der Waals surface area (Å²) in [6, 6.07) is 3.33. The van der Waals surface area contributed by atoms with Crippen LogP contribution in [0.4, 0.5) is 13.9 Å². The van der Waals surface area contributed by atoms with Gasteiger partial charge in [-0.05, 0) is 18.2 Å². The van der Waals surface area contributed by atoms with Gasteiger partial charge in [0.25, 0.3) is 0 Å². The van der Waals surface area contributed by atoms with Crippen LogP contribution in [0.1, 0.15) is 0 Å². The van der Waals surface area contributed by atoms with Crippen LogP contribution in [-0.2, 0) is 0 Å². The summed E-state index contributed by atoms with van der Waals surface area (Å²) in [4.78, 5) is 4.10. The molecular formula is C10H8F2N2S. The first-order chi connectivity index (χ1) is 7.20. The summed E-state index contributed by atoms with van der Waals surface area (Å²) in [5.41, 5.74) is 0.633. The molecule has 0 spiro atoms. The summed E-state index contributed by atoms with van der Waals surface area (Å²) in [6.07, 6.45) is 0. The van der Waals surface area contributed by atoms with Gasteiger partial charge in [0.15, 0.2) is 5.13 Å². The molecule has 2 nitrogen and oxygen atoms in total. The Hall–Kier alpha value is -1.49. The number of halogens is 2. The average molecular weight is 226 g/mol. The molecule has 0 aliphatic heterocycles. The second kappa shape index (κ2) is 3.94. The third kappa shape index (κ3) is 1.97. The molecule has 78 valence electrons. The predicted molar refractivity (Wildman–Crippen MR) is 57.0 cm³/mol. The molecule has 0 fully saturated rings. The van der Waals surface area contributed by atoms with Crippen LogP contribution in [0.5, 0.6) is 0 Å². The highest BCUT2D eigenvalue weighted by atomic mass is 32.1. The zero-order valence-electron chi connectivity index (χ0n) is 7.92. The van der Waals surface area contributed by atoms with Crippen LogP contribution in [0.3, 0.4) is 0 Å². The molecule has 0 saturated heterocycles. The Morgan fingerprint density at radius 3 is 2.80 bits per heavy atom. The fourth-order valence-electron chi connectivity index (χ4n) is 1.21. The summed E-state index contributed by atoms with van der Waals surface area (Å²) in [6.45, 7) is 0. The minimum atomic E-state index is -0.468. The topological polar surface area (TPSA) is 24.9 Å². The molecule has 0 radical (unpaired) electrons. The van der Waals surface area contributed by atoms with Gasteiger partial charge >= 0.3 is 0 Å². The van der Waals surface area contributed by atoms with Gasteiger partial charge in [0.2, 0.25) is 0 Å². The van der Waals surface area contributed by atoms with Gasteiger partial charge in [-0.3, -0.25) is 0 Å². The monoisotopic (exact) mass is 226 g/mol. The van der Waals surface area contributed by atoms with E-state index in [0.717, 1.165) is 18.2 Å². The maximum absolute atomic E-state index is 13.3. The van der Waals surface area contributed by atoms with Crippen LogP contribution in [0.2, 0.25) is 0 Å². The van der Waals surface area contributed by atoms with Crippen LogP contribution < -0.4 is 5.32 Å². The molecule has 0 amide bonds. The van der Waals surface area contributed by atoms with Gasteiger partial charge in [-0.25, -0.2) is 13.8 Å². The third-order valence-corrected chi connectivity index (χ3v) is 2.78. The molecule has 0 saturated carbocycles. The number of thiazole rings is 1. The molecule has 0 unspecified atom stereocenters. The Bertz CT molecular complexity index is 482. The first-order valence-corrected chi connectivity index (χ1v) is 5.17. The fraction of sp³-hybridized carbons (Fsp3) is 0.100. The van der Waals surface area contributed by atoms with Gasteiger partial charge in [-0.2, -0.15) is 0 Å². The number of nitrogens with zero attached hydrogens (tertiary/aromatic N) is 1. The van der Waals surface area contributed by atoms with Gasteiger partial charge in [-0.15, -0.1) is 11.3 Å². The lowest BCUT2D eigenvalue weighted by Gasteiger charge is -1.98. The van der Waals surface area contributed by atoms with Crippen molar-refractivity contribution in [1.29, 1.82) is 0 Å². The lowest BCUT2D eigenvalue weighted by Crippen LogP contribution is -1.89. The highest BCUT2D eigenvalue weighted by Crippen LogP contribution is 2.27. The molecule has 1 N–H and O–H groups in total. The van der Waals surface area contributed by atoms with Gasteiger partial charge in [0.05, 0.1) is 5.69 Å². The van der Waals surface area contributed by atoms with Crippen molar-refractivity contribution in [2.75, 3.05) is 12.4 Å². The lowest BCUT2D eigenvalue weighted by atomic mass is 10.1. The van der Waals surface area contributed by atoms with Crippen molar-refractivity contribution < 1.29 is 8.78 Å². The zero-order chi connectivity index (χ0) is 10.8. The van der Waals surface area contributed by atoms with Gasteiger partial charge < -0.3 is 5.32 Å². The van der Waals surface area contributed by atoms with Crippen LogP contribution in [0.15, 0.2) is 23.6 Å². The highest BCUT2D eigenvalue weighted by Gasteiger charge is 2.09. The van der Waals surface area contributed by atoms with E-state index in [0.29, 0.717) is 10.8 Å². The Balaban J connectivity index is 2.48. The van der Waals surface area contributed by atoms with Gasteiger partial charge in [0, 0.05) is 18.0 Å².